The Morgan fingerprint density at radius 3 is 2.56 bits per heavy atom. The maximum absolute atomic E-state index is 13.2. The average Bonchev–Trinajstić information content (AvgIpc) is 3.07. The molecule has 1 unspecified atom stereocenters. The number of hydrogen-bond donors (Lipinski definition) is 1. The molecule has 6 nitrogen and oxygen atoms in total. The molecule has 0 bridgehead atoms. The Bertz CT molecular complexity index is 1220. The topological polar surface area (TPSA) is 79.7 Å². The number of aromatic nitrogens is 1. The van der Waals surface area contributed by atoms with Gasteiger partial charge in [0.25, 0.3) is 11.7 Å². The first-order chi connectivity index (χ1) is 15.4. The van der Waals surface area contributed by atoms with Gasteiger partial charge in [-0.25, -0.2) is 0 Å². The molecule has 1 fully saturated rings. The highest BCUT2D eigenvalue weighted by Crippen LogP contribution is 2.42. The van der Waals surface area contributed by atoms with Crippen molar-refractivity contribution in [3.63, 3.8) is 0 Å². The van der Waals surface area contributed by atoms with Crippen LogP contribution in [0, 0.1) is 13.8 Å². The van der Waals surface area contributed by atoms with Crippen molar-refractivity contribution in [3.05, 3.63) is 94.8 Å². The average molecular weight is 428 g/mol. The van der Waals surface area contributed by atoms with E-state index in [0.717, 1.165) is 11.1 Å². The number of benzene rings is 2. The Morgan fingerprint density at radius 2 is 1.88 bits per heavy atom. The highest BCUT2D eigenvalue weighted by Gasteiger charge is 2.47. The summed E-state index contributed by atoms with van der Waals surface area (Å²) in [6.45, 7) is 6.25. The van der Waals surface area contributed by atoms with Crippen LogP contribution in [0.2, 0.25) is 0 Å². The van der Waals surface area contributed by atoms with Crippen LogP contribution in [0.4, 0.5) is 5.69 Å². The highest BCUT2D eigenvalue weighted by molar-refractivity contribution is 6.51. The summed E-state index contributed by atoms with van der Waals surface area (Å²) in [5.41, 5.74) is 3.70. The Balaban J connectivity index is 1.92. The quantitative estimate of drug-likeness (QED) is 0.361. The van der Waals surface area contributed by atoms with E-state index in [0.29, 0.717) is 29.2 Å². The van der Waals surface area contributed by atoms with Gasteiger partial charge in [-0.05, 0) is 61.7 Å². The molecular formula is C26H24N2O4. The molecule has 1 atom stereocenters. The van der Waals surface area contributed by atoms with Gasteiger partial charge in [0.1, 0.15) is 11.5 Å². The lowest BCUT2D eigenvalue weighted by molar-refractivity contribution is -0.132. The number of ketones is 1. The number of nitrogens with zero attached hydrogens (tertiary/aromatic N) is 2. The van der Waals surface area contributed by atoms with Gasteiger partial charge < -0.3 is 9.84 Å². The Labute approximate surface area is 186 Å². The lowest BCUT2D eigenvalue weighted by atomic mass is 9.95. The molecule has 1 saturated heterocycles. The van der Waals surface area contributed by atoms with Crippen LogP contribution >= 0.6 is 0 Å². The molecule has 4 rings (SSSR count). The largest absolute Gasteiger partial charge is 0.507 e. The van der Waals surface area contributed by atoms with E-state index in [1.54, 1.807) is 54.9 Å². The number of Topliss-reactive ketones (excluding diaryl/α,β-unsaturated/α-hetero) is 1. The third kappa shape index (κ3) is 3.75. The van der Waals surface area contributed by atoms with Gasteiger partial charge >= 0.3 is 0 Å². The summed E-state index contributed by atoms with van der Waals surface area (Å²) in [6.07, 6.45) is 3.22. The maximum atomic E-state index is 13.2. The molecule has 0 spiro atoms. The molecule has 2 heterocycles. The molecule has 0 radical (unpaired) electrons. The van der Waals surface area contributed by atoms with E-state index in [-0.39, 0.29) is 11.3 Å². The van der Waals surface area contributed by atoms with Crippen LogP contribution < -0.4 is 9.64 Å². The van der Waals surface area contributed by atoms with Crippen molar-refractivity contribution in [3.8, 4) is 5.75 Å². The Morgan fingerprint density at radius 1 is 1.06 bits per heavy atom. The zero-order valence-corrected chi connectivity index (χ0v) is 18.2. The number of carbonyl (C=O) groups is 2. The maximum Gasteiger partial charge on any atom is 0.300 e. The molecule has 1 amide bonds. The van der Waals surface area contributed by atoms with Crippen LogP contribution in [0.15, 0.2) is 72.6 Å². The lowest BCUT2D eigenvalue weighted by Gasteiger charge is -2.25. The van der Waals surface area contributed by atoms with E-state index in [2.05, 4.69) is 4.98 Å². The molecule has 162 valence electrons. The summed E-state index contributed by atoms with van der Waals surface area (Å²) in [5.74, 6) is -1.07. The third-order valence-electron chi connectivity index (χ3n) is 5.63. The van der Waals surface area contributed by atoms with Crippen molar-refractivity contribution in [1.82, 2.24) is 4.98 Å². The summed E-state index contributed by atoms with van der Waals surface area (Å²) < 4.78 is 5.58. The lowest BCUT2D eigenvalue weighted by Crippen LogP contribution is -2.29. The number of anilines is 1. The van der Waals surface area contributed by atoms with E-state index in [4.69, 9.17) is 4.74 Å². The number of amides is 1. The van der Waals surface area contributed by atoms with Gasteiger partial charge in [0.2, 0.25) is 0 Å². The standard InChI is InChI=1S/C26H24N2O4/c1-4-32-21-9-5-8-20(14-21)28-23(19-7-6-12-27-15-19)22(25(30)26(28)31)24(29)18-11-10-16(2)17(3)13-18/h5-15,23,29H,4H2,1-3H3/b24-22+. The van der Waals surface area contributed by atoms with Crippen LogP contribution in [0.25, 0.3) is 5.76 Å². The summed E-state index contributed by atoms with van der Waals surface area (Å²) in [6, 6.07) is 15.2. The fourth-order valence-corrected chi connectivity index (χ4v) is 3.89. The van der Waals surface area contributed by atoms with Crippen LogP contribution in [0.1, 0.15) is 35.2 Å². The molecule has 1 aliphatic heterocycles. The van der Waals surface area contributed by atoms with E-state index in [1.807, 2.05) is 32.9 Å². The molecule has 6 heteroatoms. The van der Waals surface area contributed by atoms with Crippen LogP contribution in [0.5, 0.6) is 5.75 Å². The molecule has 1 aromatic heterocycles. The molecule has 32 heavy (non-hydrogen) atoms. The molecular weight excluding hydrogens is 404 g/mol. The Kier molecular flexibility index (Phi) is 5.77. The summed E-state index contributed by atoms with van der Waals surface area (Å²) in [4.78, 5) is 32.0. The van der Waals surface area contributed by atoms with Gasteiger partial charge in [-0.15, -0.1) is 0 Å². The van der Waals surface area contributed by atoms with Crippen molar-refractivity contribution in [2.45, 2.75) is 26.8 Å². The van der Waals surface area contributed by atoms with Crippen molar-refractivity contribution in [1.29, 1.82) is 0 Å². The molecule has 1 N–H and O–H groups in total. The van der Waals surface area contributed by atoms with Crippen molar-refractivity contribution in [2.75, 3.05) is 11.5 Å². The van der Waals surface area contributed by atoms with Crippen molar-refractivity contribution >= 4 is 23.1 Å². The molecule has 2 aromatic carbocycles. The van der Waals surface area contributed by atoms with Gasteiger partial charge in [-0.3, -0.25) is 19.5 Å². The monoisotopic (exact) mass is 428 g/mol. The molecule has 0 saturated carbocycles. The van der Waals surface area contributed by atoms with E-state index in [9.17, 15) is 14.7 Å². The zero-order valence-electron chi connectivity index (χ0n) is 18.2. The molecule has 0 aliphatic carbocycles. The first-order valence-corrected chi connectivity index (χ1v) is 10.4. The first kappa shape index (κ1) is 21.3. The highest BCUT2D eigenvalue weighted by atomic mass is 16.5. The van der Waals surface area contributed by atoms with Gasteiger partial charge in [0.15, 0.2) is 0 Å². The van der Waals surface area contributed by atoms with Crippen LogP contribution in [0.3, 0.4) is 0 Å². The zero-order chi connectivity index (χ0) is 22.8. The fourth-order valence-electron chi connectivity index (χ4n) is 3.89. The van der Waals surface area contributed by atoms with Gasteiger partial charge in [-0.1, -0.05) is 24.3 Å². The van der Waals surface area contributed by atoms with Gasteiger partial charge in [0.05, 0.1) is 18.2 Å². The second-order valence-corrected chi connectivity index (χ2v) is 7.68. The SMILES string of the molecule is CCOc1cccc(N2C(=O)C(=O)/C(=C(/O)c3ccc(C)c(C)c3)C2c2cccnc2)c1. The van der Waals surface area contributed by atoms with Crippen molar-refractivity contribution < 1.29 is 19.4 Å². The predicted octanol–water partition coefficient (Wildman–Crippen LogP) is 4.72. The van der Waals surface area contributed by atoms with Crippen LogP contribution in [-0.2, 0) is 9.59 Å². The summed E-state index contributed by atoms with van der Waals surface area (Å²) in [5, 5.41) is 11.2. The minimum Gasteiger partial charge on any atom is -0.507 e. The number of hydrogen-bond acceptors (Lipinski definition) is 5. The number of pyridine rings is 1. The van der Waals surface area contributed by atoms with Gasteiger partial charge in [0, 0.05) is 29.7 Å². The summed E-state index contributed by atoms with van der Waals surface area (Å²) >= 11 is 0. The minimum atomic E-state index is -0.817. The second-order valence-electron chi connectivity index (χ2n) is 7.68. The number of rotatable bonds is 5. The second kappa shape index (κ2) is 8.67. The number of aliphatic hydroxyl groups is 1. The number of aryl methyl sites for hydroxylation is 2. The third-order valence-corrected chi connectivity index (χ3v) is 5.63. The van der Waals surface area contributed by atoms with E-state index < -0.39 is 17.7 Å². The predicted molar refractivity (Wildman–Crippen MR) is 123 cm³/mol. The first-order valence-electron chi connectivity index (χ1n) is 10.4. The molecule has 1 aliphatic rings. The fraction of sp³-hybridized carbons (Fsp3) is 0.192. The van der Waals surface area contributed by atoms with Gasteiger partial charge in [-0.2, -0.15) is 0 Å². The molecule has 3 aromatic rings. The normalized spacial score (nSPS) is 17.6. The summed E-state index contributed by atoms with van der Waals surface area (Å²) in [7, 11) is 0. The van der Waals surface area contributed by atoms with E-state index >= 15 is 0 Å². The van der Waals surface area contributed by atoms with E-state index in [1.165, 1.54) is 4.90 Å². The smallest absolute Gasteiger partial charge is 0.300 e. The minimum absolute atomic E-state index is 0.0352. The number of carbonyl (C=O) groups excluding carboxylic acids is 2. The number of ether oxygens (including phenoxy) is 1. The number of aliphatic hydroxyl groups excluding tert-OH is 1. The van der Waals surface area contributed by atoms with Crippen molar-refractivity contribution in [2.24, 2.45) is 0 Å². The Hall–Kier alpha value is -3.93. The van der Waals surface area contributed by atoms with Crippen LogP contribution in [-0.4, -0.2) is 28.4 Å².